The van der Waals surface area contributed by atoms with Crippen LogP contribution in [-0.2, 0) is 0 Å². The van der Waals surface area contributed by atoms with Crippen LogP contribution < -0.4 is 9.47 Å². The number of aliphatic hydroxyl groups excluding tert-OH is 1. The summed E-state index contributed by atoms with van der Waals surface area (Å²) >= 11 is 0. The molecule has 0 amide bonds. The molecular formula is C18H18O3. The van der Waals surface area contributed by atoms with Gasteiger partial charge in [0.05, 0.1) is 7.11 Å². The number of hydrogen-bond acceptors (Lipinski definition) is 3. The second-order valence-corrected chi connectivity index (χ2v) is 5.08. The van der Waals surface area contributed by atoms with Crippen molar-refractivity contribution in [3.05, 3.63) is 65.7 Å². The standard InChI is InChI=1S/C18H18O3/c1-20-15-10-7-13(8-11-15)6-9-14-12-18(19)21-17-5-3-2-4-16(14)17/h2-11,14,18-19H,12H2,1H3/t14?,18-/m1/s1. The smallest absolute Gasteiger partial charge is 0.198 e. The number of methoxy groups -OCH3 is 1. The number of hydrogen-bond donors (Lipinski definition) is 1. The highest BCUT2D eigenvalue weighted by Crippen LogP contribution is 2.36. The molecule has 2 aromatic rings. The van der Waals surface area contributed by atoms with E-state index < -0.39 is 6.29 Å². The summed E-state index contributed by atoms with van der Waals surface area (Å²) in [7, 11) is 1.66. The quantitative estimate of drug-likeness (QED) is 0.935. The van der Waals surface area contributed by atoms with Crippen molar-refractivity contribution >= 4 is 6.08 Å². The number of benzene rings is 2. The lowest BCUT2D eigenvalue weighted by atomic mass is 9.91. The largest absolute Gasteiger partial charge is 0.497 e. The number of ether oxygens (including phenoxy) is 2. The van der Waals surface area contributed by atoms with Crippen molar-refractivity contribution in [2.75, 3.05) is 7.11 Å². The van der Waals surface area contributed by atoms with Crippen molar-refractivity contribution in [1.82, 2.24) is 0 Å². The maximum Gasteiger partial charge on any atom is 0.198 e. The van der Waals surface area contributed by atoms with Crippen LogP contribution in [0, 0.1) is 0 Å². The number of rotatable bonds is 3. The van der Waals surface area contributed by atoms with Gasteiger partial charge in [-0.25, -0.2) is 0 Å². The van der Waals surface area contributed by atoms with E-state index in [-0.39, 0.29) is 5.92 Å². The molecule has 0 saturated heterocycles. The molecule has 0 fully saturated rings. The van der Waals surface area contributed by atoms with Crippen LogP contribution >= 0.6 is 0 Å². The normalized spacial score (nSPS) is 20.9. The Bertz CT molecular complexity index is 631. The summed E-state index contributed by atoms with van der Waals surface area (Å²) in [4.78, 5) is 0. The highest BCUT2D eigenvalue weighted by atomic mass is 16.6. The molecule has 1 unspecified atom stereocenters. The SMILES string of the molecule is COc1ccc(C=CC2C[C@H](O)Oc3ccccc32)cc1. The molecule has 0 aromatic heterocycles. The van der Waals surface area contributed by atoms with Crippen LogP contribution in [0.2, 0.25) is 0 Å². The Labute approximate surface area is 124 Å². The van der Waals surface area contributed by atoms with Crippen LogP contribution in [0.3, 0.4) is 0 Å². The lowest BCUT2D eigenvalue weighted by Gasteiger charge is -2.27. The first-order valence-electron chi connectivity index (χ1n) is 7.02. The third-order valence-corrected chi connectivity index (χ3v) is 3.67. The molecule has 1 N–H and O–H groups in total. The molecule has 0 aliphatic carbocycles. The first-order valence-corrected chi connectivity index (χ1v) is 7.02. The lowest BCUT2D eigenvalue weighted by Crippen LogP contribution is -2.24. The van der Waals surface area contributed by atoms with Gasteiger partial charge in [-0.2, -0.15) is 0 Å². The van der Waals surface area contributed by atoms with Gasteiger partial charge < -0.3 is 14.6 Å². The Morgan fingerprint density at radius 2 is 1.90 bits per heavy atom. The molecule has 3 nitrogen and oxygen atoms in total. The molecule has 0 saturated carbocycles. The van der Waals surface area contributed by atoms with Crippen molar-refractivity contribution in [2.45, 2.75) is 18.6 Å². The van der Waals surface area contributed by atoms with Crippen molar-refractivity contribution in [1.29, 1.82) is 0 Å². The summed E-state index contributed by atoms with van der Waals surface area (Å²) in [6.07, 6.45) is 4.01. The van der Waals surface area contributed by atoms with E-state index in [9.17, 15) is 5.11 Å². The summed E-state index contributed by atoms with van der Waals surface area (Å²) in [5.74, 6) is 1.77. The van der Waals surface area contributed by atoms with Crippen LogP contribution in [0.1, 0.15) is 23.5 Å². The fourth-order valence-electron chi connectivity index (χ4n) is 2.56. The van der Waals surface area contributed by atoms with E-state index in [1.807, 2.05) is 48.5 Å². The van der Waals surface area contributed by atoms with Gasteiger partial charge in [0.25, 0.3) is 0 Å². The average molecular weight is 282 g/mol. The van der Waals surface area contributed by atoms with Crippen LogP contribution in [0.4, 0.5) is 0 Å². The zero-order valence-corrected chi connectivity index (χ0v) is 11.9. The molecule has 21 heavy (non-hydrogen) atoms. The number of aliphatic hydroxyl groups is 1. The fourth-order valence-corrected chi connectivity index (χ4v) is 2.56. The van der Waals surface area contributed by atoms with Gasteiger partial charge in [0.1, 0.15) is 11.5 Å². The Morgan fingerprint density at radius 1 is 1.14 bits per heavy atom. The van der Waals surface area contributed by atoms with Crippen LogP contribution in [0.25, 0.3) is 6.08 Å². The van der Waals surface area contributed by atoms with E-state index in [0.717, 1.165) is 22.6 Å². The molecule has 2 atom stereocenters. The first kappa shape index (κ1) is 13.7. The van der Waals surface area contributed by atoms with Crippen molar-refractivity contribution in [3.8, 4) is 11.5 Å². The number of para-hydroxylation sites is 1. The van der Waals surface area contributed by atoms with Gasteiger partial charge in [-0.15, -0.1) is 0 Å². The molecule has 3 heteroatoms. The molecular weight excluding hydrogens is 264 g/mol. The summed E-state index contributed by atoms with van der Waals surface area (Å²) < 4.78 is 10.6. The van der Waals surface area contributed by atoms with Crippen molar-refractivity contribution < 1.29 is 14.6 Å². The predicted octanol–water partition coefficient (Wildman–Crippen LogP) is 3.59. The zero-order chi connectivity index (χ0) is 14.7. The Morgan fingerprint density at radius 3 is 2.67 bits per heavy atom. The minimum absolute atomic E-state index is 0.159. The third kappa shape index (κ3) is 3.09. The van der Waals surface area contributed by atoms with Gasteiger partial charge in [0.15, 0.2) is 6.29 Å². The van der Waals surface area contributed by atoms with Gasteiger partial charge in [-0.05, 0) is 23.8 Å². The molecule has 3 rings (SSSR count). The van der Waals surface area contributed by atoms with Gasteiger partial charge in [0.2, 0.25) is 0 Å². The van der Waals surface area contributed by atoms with E-state index in [1.165, 1.54) is 0 Å². The molecule has 0 spiro atoms. The first-order chi connectivity index (χ1) is 10.3. The highest BCUT2D eigenvalue weighted by Gasteiger charge is 2.24. The molecule has 1 heterocycles. The highest BCUT2D eigenvalue weighted by molar-refractivity contribution is 5.53. The van der Waals surface area contributed by atoms with Crippen molar-refractivity contribution in [3.63, 3.8) is 0 Å². The maximum atomic E-state index is 9.82. The second kappa shape index (κ2) is 6.02. The van der Waals surface area contributed by atoms with Crippen LogP contribution in [-0.4, -0.2) is 18.5 Å². The number of allylic oxidation sites excluding steroid dienone is 1. The molecule has 108 valence electrons. The minimum Gasteiger partial charge on any atom is -0.497 e. The summed E-state index contributed by atoms with van der Waals surface area (Å²) in [5.41, 5.74) is 2.22. The lowest BCUT2D eigenvalue weighted by molar-refractivity contribution is -0.0353. The second-order valence-electron chi connectivity index (χ2n) is 5.08. The Kier molecular flexibility index (Phi) is 3.93. The van der Waals surface area contributed by atoms with E-state index in [2.05, 4.69) is 12.2 Å². The monoisotopic (exact) mass is 282 g/mol. The van der Waals surface area contributed by atoms with Gasteiger partial charge in [0, 0.05) is 17.9 Å². The van der Waals surface area contributed by atoms with Gasteiger partial charge in [-0.3, -0.25) is 0 Å². The van der Waals surface area contributed by atoms with E-state index in [0.29, 0.717) is 6.42 Å². The number of fused-ring (bicyclic) bond motifs is 1. The van der Waals surface area contributed by atoms with Gasteiger partial charge >= 0.3 is 0 Å². The summed E-state index contributed by atoms with van der Waals surface area (Å²) in [6, 6.07) is 15.7. The molecule has 1 aliphatic rings. The fraction of sp³-hybridized carbons (Fsp3) is 0.222. The molecule has 0 radical (unpaired) electrons. The Hall–Kier alpha value is -2.26. The minimum atomic E-state index is -0.745. The topological polar surface area (TPSA) is 38.7 Å². The van der Waals surface area contributed by atoms with Crippen LogP contribution in [0.5, 0.6) is 11.5 Å². The third-order valence-electron chi connectivity index (χ3n) is 3.67. The average Bonchev–Trinajstić information content (AvgIpc) is 2.53. The van der Waals surface area contributed by atoms with Crippen molar-refractivity contribution in [2.24, 2.45) is 0 Å². The van der Waals surface area contributed by atoms with Gasteiger partial charge in [-0.1, -0.05) is 42.5 Å². The van der Waals surface area contributed by atoms with E-state index >= 15 is 0 Å². The Balaban J connectivity index is 1.82. The summed E-state index contributed by atoms with van der Waals surface area (Å²) in [5, 5.41) is 9.82. The molecule has 0 bridgehead atoms. The summed E-state index contributed by atoms with van der Waals surface area (Å²) in [6.45, 7) is 0. The van der Waals surface area contributed by atoms with E-state index in [1.54, 1.807) is 7.11 Å². The predicted molar refractivity (Wildman–Crippen MR) is 82.5 cm³/mol. The maximum absolute atomic E-state index is 9.82. The molecule has 1 aliphatic heterocycles. The molecule has 2 aromatic carbocycles. The van der Waals surface area contributed by atoms with Crippen LogP contribution in [0.15, 0.2) is 54.6 Å². The zero-order valence-electron chi connectivity index (χ0n) is 11.9. The van der Waals surface area contributed by atoms with E-state index in [4.69, 9.17) is 9.47 Å².